The number of hydrogen-bond donors (Lipinski definition) is 1. The highest BCUT2D eigenvalue weighted by Crippen LogP contribution is 2.27. The average molecular weight is 214 g/mol. The van der Waals surface area contributed by atoms with Gasteiger partial charge in [-0.15, -0.1) is 0 Å². The molecule has 0 saturated heterocycles. The van der Waals surface area contributed by atoms with E-state index in [1.54, 1.807) is 0 Å². The molecule has 1 fully saturated rings. The molecule has 0 spiro atoms. The van der Waals surface area contributed by atoms with Crippen LogP contribution in [0.25, 0.3) is 0 Å². The van der Waals surface area contributed by atoms with Crippen LogP contribution >= 0.6 is 11.8 Å². The van der Waals surface area contributed by atoms with E-state index in [0.717, 1.165) is 11.6 Å². The molecule has 14 heavy (non-hydrogen) atoms. The number of hydrogen-bond acceptors (Lipinski definition) is 2. The second-order valence-corrected chi connectivity index (χ2v) is 5.19. The zero-order valence-electron chi connectivity index (χ0n) is 9.55. The molecule has 3 heteroatoms. The lowest BCUT2D eigenvalue weighted by Crippen LogP contribution is -2.39. The predicted molar refractivity (Wildman–Crippen MR) is 65.3 cm³/mol. The second-order valence-electron chi connectivity index (χ2n) is 4.28. The van der Waals surface area contributed by atoms with Crippen molar-refractivity contribution in [3.8, 4) is 0 Å². The second kappa shape index (κ2) is 5.64. The first-order chi connectivity index (χ1) is 6.66. The van der Waals surface area contributed by atoms with Crippen LogP contribution < -0.4 is 0 Å². The van der Waals surface area contributed by atoms with E-state index >= 15 is 0 Å². The fourth-order valence-corrected chi connectivity index (χ4v) is 2.78. The molecule has 0 aromatic rings. The highest BCUT2D eigenvalue weighted by atomic mass is 32.2. The number of nitrogens with zero attached hydrogens (tertiary/aromatic N) is 1. The van der Waals surface area contributed by atoms with Crippen molar-refractivity contribution >= 4 is 17.6 Å². The van der Waals surface area contributed by atoms with Crippen LogP contribution in [0.2, 0.25) is 0 Å². The molecule has 0 aromatic heterocycles. The van der Waals surface area contributed by atoms with E-state index < -0.39 is 0 Å². The fourth-order valence-electron chi connectivity index (χ4n) is 2.08. The summed E-state index contributed by atoms with van der Waals surface area (Å²) in [6.07, 6.45) is 7.23. The minimum absolute atomic E-state index is 0.498. The average Bonchev–Trinajstić information content (AvgIpc) is 2.68. The van der Waals surface area contributed by atoms with Crippen LogP contribution in [0.15, 0.2) is 0 Å². The topological polar surface area (TPSA) is 27.1 Å². The van der Waals surface area contributed by atoms with Gasteiger partial charge in [-0.25, -0.2) is 0 Å². The smallest absolute Gasteiger partial charge is 0.0989 e. The lowest BCUT2D eigenvalue weighted by atomic mass is 10.1. The van der Waals surface area contributed by atoms with Crippen LogP contribution in [0.5, 0.6) is 0 Å². The Bertz CT molecular complexity index is 188. The van der Waals surface area contributed by atoms with Crippen LogP contribution in [-0.4, -0.2) is 35.8 Å². The van der Waals surface area contributed by atoms with Gasteiger partial charge in [0.05, 0.1) is 5.84 Å². The lowest BCUT2D eigenvalue weighted by Gasteiger charge is -2.29. The summed E-state index contributed by atoms with van der Waals surface area (Å²) in [6.45, 7) is 2.21. The Labute approximate surface area is 92.0 Å². The maximum atomic E-state index is 8.12. The van der Waals surface area contributed by atoms with E-state index in [4.69, 9.17) is 5.41 Å². The largest absolute Gasteiger partial charge is 0.360 e. The molecule has 2 nitrogen and oxygen atoms in total. The van der Waals surface area contributed by atoms with E-state index in [9.17, 15) is 0 Å². The quantitative estimate of drug-likeness (QED) is 0.575. The summed E-state index contributed by atoms with van der Waals surface area (Å²) in [5, 5.41) is 8.12. The Hall–Kier alpha value is -0.180. The number of nitrogens with one attached hydrogen (secondary N) is 1. The van der Waals surface area contributed by atoms with Gasteiger partial charge in [0, 0.05) is 24.8 Å². The molecule has 1 atom stereocenters. The van der Waals surface area contributed by atoms with Crippen molar-refractivity contribution in [1.82, 2.24) is 4.90 Å². The fraction of sp³-hybridized carbons (Fsp3) is 0.909. The molecule has 1 rings (SSSR count). The molecule has 0 aliphatic heterocycles. The van der Waals surface area contributed by atoms with Gasteiger partial charge in [-0.3, -0.25) is 5.41 Å². The molecule has 0 bridgehead atoms. The van der Waals surface area contributed by atoms with E-state index in [1.165, 1.54) is 25.7 Å². The van der Waals surface area contributed by atoms with Crippen molar-refractivity contribution in [2.75, 3.05) is 19.1 Å². The summed E-state index contributed by atoms with van der Waals surface area (Å²) in [6, 6.07) is 0.498. The third kappa shape index (κ3) is 2.91. The van der Waals surface area contributed by atoms with Crippen molar-refractivity contribution < 1.29 is 0 Å². The molecule has 1 aliphatic rings. The van der Waals surface area contributed by atoms with Gasteiger partial charge in [-0.05, 0) is 26.0 Å². The van der Waals surface area contributed by atoms with E-state index in [-0.39, 0.29) is 0 Å². The number of rotatable bonds is 4. The third-order valence-corrected chi connectivity index (χ3v) is 4.01. The molecule has 1 saturated carbocycles. The minimum atomic E-state index is 0.498. The van der Waals surface area contributed by atoms with Crippen molar-refractivity contribution in [3.05, 3.63) is 0 Å². The Kier molecular flexibility index (Phi) is 4.79. The summed E-state index contributed by atoms with van der Waals surface area (Å²) < 4.78 is 0. The van der Waals surface area contributed by atoms with Crippen molar-refractivity contribution in [2.45, 2.75) is 38.6 Å². The third-order valence-electron chi connectivity index (χ3n) is 3.19. The Morgan fingerprint density at radius 1 is 1.50 bits per heavy atom. The maximum Gasteiger partial charge on any atom is 0.0989 e. The normalized spacial score (nSPS) is 19.6. The van der Waals surface area contributed by atoms with Gasteiger partial charge in [0.15, 0.2) is 0 Å². The highest BCUT2D eigenvalue weighted by molar-refractivity contribution is 7.98. The highest BCUT2D eigenvalue weighted by Gasteiger charge is 2.24. The first kappa shape index (κ1) is 11.9. The molecule has 1 unspecified atom stereocenters. The summed E-state index contributed by atoms with van der Waals surface area (Å²) >= 11 is 1.86. The molecule has 1 N–H and O–H groups in total. The predicted octanol–water partition coefficient (Wildman–Crippen LogP) is 2.84. The van der Waals surface area contributed by atoms with Gasteiger partial charge in [-0.1, -0.05) is 12.8 Å². The van der Waals surface area contributed by atoms with Crippen LogP contribution in [0.3, 0.4) is 0 Å². The van der Waals surface area contributed by atoms with Gasteiger partial charge >= 0.3 is 0 Å². The van der Waals surface area contributed by atoms with E-state index in [1.807, 2.05) is 11.8 Å². The number of thioether (sulfide) groups is 1. The van der Waals surface area contributed by atoms with Crippen molar-refractivity contribution in [1.29, 1.82) is 5.41 Å². The van der Waals surface area contributed by atoms with Crippen LogP contribution in [0.4, 0.5) is 0 Å². The standard InChI is InChI=1S/C11H22N2S/c1-9(8-14-3)13(2)11(12)10-6-4-5-7-10/h9-10,12H,4-8H2,1-3H3. The first-order valence-electron chi connectivity index (χ1n) is 5.47. The number of amidine groups is 1. The summed E-state index contributed by atoms with van der Waals surface area (Å²) in [5.74, 6) is 2.53. The van der Waals surface area contributed by atoms with Gasteiger partial charge in [0.2, 0.25) is 0 Å². The Morgan fingerprint density at radius 3 is 2.57 bits per heavy atom. The monoisotopic (exact) mass is 214 g/mol. The van der Waals surface area contributed by atoms with Gasteiger partial charge in [-0.2, -0.15) is 11.8 Å². The van der Waals surface area contributed by atoms with Crippen LogP contribution in [0, 0.1) is 11.3 Å². The molecule has 82 valence electrons. The maximum absolute atomic E-state index is 8.12. The van der Waals surface area contributed by atoms with Gasteiger partial charge in [0.25, 0.3) is 0 Å². The SMILES string of the molecule is CSCC(C)N(C)C(=N)C1CCCC1. The molecular formula is C11H22N2S. The molecule has 0 radical (unpaired) electrons. The molecule has 0 amide bonds. The molecule has 0 heterocycles. The van der Waals surface area contributed by atoms with Crippen LogP contribution in [0.1, 0.15) is 32.6 Å². The zero-order chi connectivity index (χ0) is 10.6. The zero-order valence-corrected chi connectivity index (χ0v) is 10.4. The summed E-state index contributed by atoms with van der Waals surface area (Å²) in [4.78, 5) is 2.16. The van der Waals surface area contributed by atoms with Gasteiger partial charge < -0.3 is 4.90 Å². The minimum Gasteiger partial charge on any atom is -0.360 e. The first-order valence-corrected chi connectivity index (χ1v) is 6.86. The molecule has 0 aromatic carbocycles. The molecule has 1 aliphatic carbocycles. The Morgan fingerprint density at radius 2 is 2.07 bits per heavy atom. The summed E-state index contributed by atoms with van der Waals surface area (Å²) in [5.41, 5.74) is 0. The van der Waals surface area contributed by atoms with E-state index in [0.29, 0.717) is 12.0 Å². The van der Waals surface area contributed by atoms with E-state index in [2.05, 4.69) is 25.1 Å². The lowest BCUT2D eigenvalue weighted by molar-refractivity contribution is 0.393. The Balaban J connectivity index is 2.42. The molecular weight excluding hydrogens is 192 g/mol. The van der Waals surface area contributed by atoms with Gasteiger partial charge in [0.1, 0.15) is 0 Å². The van der Waals surface area contributed by atoms with Crippen LogP contribution in [-0.2, 0) is 0 Å². The van der Waals surface area contributed by atoms with Crippen molar-refractivity contribution in [2.24, 2.45) is 5.92 Å². The summed E-state index contributed by atoms with van der Waals surface area (Å²) in [7, 11) is 2.07. The van der Waals surface area contributed by atoms with Crippen molar-refractivity contribution in [3.63, 3.8) is 0 Å².